The van der Waals surface area contributed by atoms with E-state index in [1.54, 1.807) is 0 Å². The van der Waals surface area contributed by atoms with Crippen LogP contribution in [0.2, 0.25) is 0 Å². The molecule has 0 bridgehead atoms. The van der Waals surface area contributed by atoms with E-state index in [0.29, 0.717) is 0 Å². The number of nitrogens with zero attached hydrogens (tertiary/aromatic N) is 2. The number of aryl methyl sites for hydroxylation is 3. The van der Waals surface area contributed by atoms with E-state index in [1.807, 2.05) is 11.7 Å². The zero-order valence-electron chi connectivity index (χ0n) is 12.9. The Balaban J connectivity index is 2.37. The smallest absolute Gasteiger partial charge is 0.0624 e. The van der Waals surface area contributed by atoms with Crippen LogP contribution in [0.15, 0.2) is 30.3 Å². The van der Waals surface area contributed by atoms with Crippen LogP contribution in [0.25, 0.3) is 0 Å². The molecule has 0 saturated carbocycles. The maximum absolute atomic E-state index is 4.58. The molecule has 1 aromatic heterocycles. The number of rotatable bonds is 6. The molecule has 0 unspecified atom stereocenters. The van der Waals surface area contributed by atoms with Gasteiger partial charge in [-0.1, -0.05) is 68.6 Å². The highest BCUT2D eigenvalue weighted by atomic mass is 79.9. The topological polar surface area (TPSA) is 17.8 Å². The van der Waals surface area contributed by atoms with Crippen molar-refractivity contribution < 1.29 is 0 Å². The maximum atomic E-state index is 4.58. The minimum absolute atomic E-state index is 0.0481. The third-order valence-electron chi connectivity index (χ3n) is 4.08. The fourth-order valence-corrected chi connectivity index (χ4v) is 4.52. The van der Waals surface area contributed by atoms with Crippen molar-refractivity contribution >= 4 is 31.9 Å². The van der Waals surface area contributed by atoms with E-state index in [2.05, 4.69) is 81.1 Å². The molecule has 4 heteroatoms. The van der Waals surface area contributed by atoms with Crippen LogP contribution in [-0.4, -0.2) is 20.4 Å². The Labute approximate surface area is 144 Å². The first-order valence-corrected chi connectivity index (χ1v) is 9.50. The van der Waals surface area contributed by atoms with Gasteiger partial charge < -0.3 is 0 Å². The first kappa shape index (κ1) is 16.8. The summed E-state index contributed by atoms with van der Waals surface area (Å²) in [5, 5.41) is 6.41. The maximum Gasteiger partial charge on any atom is 0.0624 e. The minimum atomic E-state index is 0.0481. The summed E-state index contributed by atoms with van der Waals surface area (Å²) in [5.74, 6) is 0. The van der Waals surface area contributed by atoms with Crippen molar-refractivity contribution in [2.45, 2.75) is 32.1 Å². The summed E-state index contributed by atoms with van der Waals surface area (Å²) in [6.07, 6.45) is 1.95. The summed E-state index contributed by atoms with van der Waals surface area (Å²) in [7, 11) is 2.04. The largest absolute Gasteiger partial charge is 0.272 e. The van der Waals surface area contributed by atoms with Crippen molar-refractivity contribution in [3.63, 3.8) is 0 Å². The lowest BCUT2D eigenvalue weighted by Gasteiger charge is -2.31. The molecule has 2 nitrogen and oxygen atoms in total. The van der Waals surface area contributed by atoms with E-state index in [9.17, 15) is 0 Å². The van der Waals surface area contributed by atoms with Gasteiger partial charge in [-0.3, -0.25) is 4.68 Å². The fraction of sp³-hybridized carbons (Fsp3) is 0.471. The van der Waals surface area contributed by atoms with Crippen LogP contribution in [0.5, 0.6) is 0 Å². The van der Waals surface area contributed by atoms with Gasteiger partial charge in [0, 0.05) is 35.2 Å². The first-order chi connectivity index (χ1) is 10.0. The zero-order chi connectivity index (χ0) is 15.5. The molecule has 0 N–H and O–H groups in total. The molecule has 0 aliphatic carbocycles. The Kier molecular flexibility index (Phi) is 5.67. The fourth-order valence-electron chi connectivity index (χ4n) is 2.55. The number of hydrogen-bond acceptors (Lipinski definition) is 1. The molecular formula is C17H22Br2N2. The molecule has 1 aromatic carbocycles. The van der Waals surface area contributed by atoms with Gasteiger partial charge in [0.25, 0.3) is 0 Å². The molecule has 2 aromatic rings. The lowest BCUT2D eigenvalue weighted by Crippen LogP contribution is -2.33. The Morgan fingerprint density at radius 3 is 2.24 bits per heavy atom. The average molecular weight is 414 g/mol. The van der Waals surface area contributed by atoms with Gasteiger partial charge in [-0.05, 0) is 25.0 Å². The number of alkyl halides is 2. The van der Waals surface area contributed by atoms with Gasteiger partial charge in [0.1, 0.15) is 0 Å². The number of benzene rings is 1. The summed E-state index contributed by atoms with van der Waals surface area (Å²) < 4.78 is 2.02. The van der Waals surface area contributed by atoms with Crippen LogP contribution < -0.4 is 0 Å². The average Bonchev–Trinajstić information content (AvgIpc) is 2.86. The standard InChI is InChI=1S/C17H22Br2N2/c1-4-15-9-16(21(3)20-15)10-17(11-18,12-19)14-7-5-13(2)6-8-14/h5-9H,4,10-12H2,1-3H3. The lowest BCUT2D eigenvalue weighted by atomic mass is 9.80. The van der Waals surface area contributed by atoms with Crippen molar-refractivity contribution in [3.05, 3.63) is 52.8 Å². The van der Waals surface area contributed by atoms with Gasteiger partial charge in [0.2, 0.25) is 0 Å². The van der Waals surface area contributed by atoms with E-state index in [-0.39, 0.29) is 5.41 Å². The van der Waals surface area contributed by atoms with Crippen LogP contribution >= 0.6 is 31.9 Å². The normalized spacial score (nSPS) is 11.9. The van der Waals surface area contributed by atoms with Crippen molar-refractivity contribution in [3.8, 4) is 0 Å². The van der Waals surface area contributed by atoms with E-state index < -0.39 is 0 Å². The summed E-state index contributed by atoms with van der Waals surface area (Å²) in [4.78, 5) is 0. The first-order valence-electron chi connectivity index (χ1n) is 7.25. The minimum Gasteiger partial charge on any atom is -0.272 e. The Morgan fingerprint density at radius 2 is 1.76 bits per heavy atom. The number of halogens is 2. The van der Waals surface area contributed by atoms with Gasteiger partial charge in [-0.2, -0.15) is 5.10 Å². The second-order valence-electron chi connectivity index (χ2n) is 5.69. The molecule has 0 aliphatic heterocycles. The Bertz CT molecular complexity index is 583. The summed E-state index contributed by atoms with van der Waals surface area (Å²) >= 11 is 7.47. The van der Waals surface area contributed by atoms with Crippen LogP contribution in [0.4, 0.5) is 0 Å². The number of aromatic nitrogens is 2. The van der Waals surface area contributed by atoms with Gasteiger partial charge in [0.15, 0.2) is 0 Å². The van der Waals surface area contributed by atoms with Crippen molar-refractivity contribution in [1.29, 1.82) is 0 Å². The van der Waals surface area contributed by atoms with Crippen LogP contribution in [-0.2, 0) is 25.3 Å². The number of hydrogen-bond donors (Lipinski definition) is 0. The molecule has 0 radical (unpaired) electrons. The highest BCUT2D eigenvalue weighted by Gasteiger charge is 2.31. The molecule has 0 fully saturated rings. The van der Waals surface area contributed by atoms with E-state index in [4.69, 9.17) is 0 Å². The van der Waals surface area contributed by atoms with E-state index in [0.717, 1.165) is 29.2 Å². The quantitative estimate of drug-likeness (QED) is 0.634. The third kappa shape index (κ3) is 3.59. The van der Waals surface area contributed by atoms with E-state index in [1.165, 1.54) is 16.8 Å². The third-order valence-corrected chi connectivity index (χ3v) is 6.23. The molecular weight excluding hydrogens is 392 g/mol. The van der Waals surface area contributed by atoms with Crippen LogP contribution in [0, 0.1) is 6.92 Å². The highest BCUT2D eigenvalue weighted by molar-refractivity contribution is 9.09. The summed E-state index contributed by atoms with van der Waals surface area (Å²) in [6.45, 7) is 4.27. The Hall–Kier alpha value is -0.610. The molecule has 0 amide bonds. The van der Waals surface area contributed by atoms with Gasteiger partial charge >= 0.3 is 0 Å². The lowest BCUT2D eigenvalue weighted by molar-refractivity contribution is 0.523. The Morgan fingerprint density at radius 1 is 1.14 bits per heavy atom. The van der Waals surface area contributed by atoms with Crippen molar-refractivity contribution in [2.24, 2.45) is 7.05 Å². The SMILES string of the molecule is CCc1cc(CC(CBr)(CBr)c2ccc(C)cc2)n(C)n1. The van der Waals surface area contributed by atoms with Gasteiger partial charge in [-0.25, -0.2) is 0 Å². The zero-order valence-corrected chi connectivity index (χ0v) is 16.0. The van der Waals surface area contributed by atoms with Crippen molar-refractivity contribution in [1.82, 2.24) is 9.78 Å². The second kappa shape index (κ2) is 7.10. The molecule has 0 atom stereocenters. The summed E-state index contributed by atoms with van der Waals surface area (Å²) in [6, 6.07) is 11.1. The molecule has 1 heterocycles. The molecule has 0 saturated heterocycles. The van der Waals surface area contributed by atoms with Crippen LogP contribution in [0.1, 0.15) is 29.4 Å². The molecule has 114 valence electrons. The molecule has 2 rings (SSSR count). The second-order valence-corrected chi connectivity index (χ2v) is 6.82. The van der Waals surface area contributed by atoms with Gasteiger partial charge in [0.05, 0.1) is 5.69 Å². The monoisotopic (exact) mass is 412 g/mol. The molecule has 0 spiro atoms. The van der Waals surface area contributed by atoms with Gasteiger partial charge in [-0.15, -0.1) is 0 Å². The molecule has 0 aliphatic rings. The summed E-state index contributed by atoms with van der Waals surface area (Å²) in [5.41, 5.74) is 5.15. The predicted molar refractivity (Wildman–Crippen MR) is 96.7 cm³/mol. The van der Waals surface area contributed by atoms with Crippen LogP contribution in [0.3, 0.4) is 0 Å². The van der Waals surface area contributed by atoms with Crippen molar-refractivity contribution in [2.75, 3.05) is 10.7 Å². The predicted octanol–water partition coefficient (Wildman–Crippen LogP) is 4.56. The highest BCUT2D eigenvalue weighted by Crippen LogP contribution is 2.33. The van der Waals surface area contributed by atoms with E-state index >= 15 is 0 Å². The molecule has 21 heavy (non-hydrogen) atoms.